The van der Waals surface area contributed by atoms with Gasteiger partial charge in [0.1, 0.15) is 12.2 Å². The van der Waals surface area contributed by atoms with Gasteiger partial charge in [0, 0.05) is 29.6 Å². The molecule has 1 aromatic carbocycles. The first-order valence-electron chi connectivity index (χ1n) is 6.41. The van der Waals surface area contributed by atoms with Crippen LogP contribution in [0.2, 0.25) is 0 Å². The van der Waals surface area contributed by atoms with E-state index in [1.807, 2.05) is 16.9 Å². The highest BCUT2D eigenvalue weighted by Crippen LogP contribution is 2.42. The summed E-state index contributed by atoms with van der Waals surface area (Å²) < 4.78 is 2.61. The maximum absolute atomic E-state index is 6.46. The summed E-state index contributed by atoms with van der Waals surface area (Å²) in [5.74, 6) is 0. The zero-order valence-corrected chi connectivity index (χ0v) is 11.9. The molecule has 0 aliphatic carbocycles. The number of benzene rings is 1. The molecule has 1 atom stereocenters. The maximum atomic E-state index is 6.46. The van der Waals surface area contributed by atoms with Crippen LogP contribution in [-0.2, 0) is 6.67 Å². The van der Waals surface area contributed by atoms with Crippen molar-refractivity contribution in [2.45, 2.75) is 20.5 Å². The van der Waals surface area contributed by atoms with Crippen LogP contribution >= 0.6 is 11.6 Å². The second kappa shape index (κ2) is 4.51. The standard InChI is InChI=1S/C15H17ClN3/c1-12-5-3-6-13(2)15(12)19(10-7-14(19)16)11-18-9-4-8-17-18/h3-9H,10-11H2,1-2H3/q+1. The van der Waals surface area contributed by atoms with Crippen molar-refractivity contribution in [2.24, 2.45) is 0 Å². The van der Waals surface area contributed by atoms with Crippen LogP contribution in [0.3, 0.4) is 0 Å². The Morgan fingerprint density at radius 3 is 2.47 bits per heavy atom. The Hall–Kier alpha value is -1.58. The molecule has 0 saturated carbocycles. The molecule has 3 rings (SSSR count). The van der Waals surface area contributed by atoms with Gasteiger partial charge in [0.15, 0.2) is 6.67 Å². The molecule has 2 heterocycles. The van der Waals surface area contributed by atoms with Gasteiger partial charge in [0.25, 0.3) is 0 Å². The average molecular weight is 275 g/mol. The summed E-state index contributed by atoms with van der Waals surface area (Å²) in [7, 11) is 0. The number of aryl methyl sites for hydroxylation is 2. The third kappa shape index (κ3) is 1.90. The van der Waals surface area contributed by atoms with Crippen molar-refractivity contribution >= 4 is 17.3 Å². The smallest absolute Gasteiger partial charge is 0.210 e. The average Bonchev–Trinajstić information content (AvgIpc) is 2.88. The van der Waals surface area contributed by atoms with Gasteiger partial charge in [-0.3, -0.25) is 0 Å². The number of hydrogen-bond donors (Lipinski definition) is 0. The lowest BCUT2D eigenvalue weighted by molar-refractivity contribution is 0.269. The SMILES string of the molecule is Cc1cccc(C)c1[N+]1(Cn2cccn2)CC=C1Cl. The molecular formula is C15H17ClN3+. The second-order valence-corrected chi connectivity index (χ2v) is 5.49. The van der Waals surface area contributed by atoms with Crippen LogP contribution in [0.5, 0.6) is 0 Å². The molecule has 1 aromatic heterocycles. The summed E-state index contributed by atoms with van der Waals surface area (Å²) >= 11 is 6.46. The van der Waals surface area contributed by atoms with Gasteiger partial charge < -0.3 is 0 Å². The van der Waals surface area contributed by atoms with Crippen molar-refractivity contribution in [2.75, 3.05) is 6.54 Å². The van der Waals surface area contributed by atoms with Crippen LogP contribution in [-0.4, -0.2) is 16.3 Å². The number of nitrogens with zero attached hydrogens (tertiary/aromatic N) is 3. The van der Waals surface area contributed by atoms with Gasteiger partial charge in [-0.2, -0.15) is 5.10 Å². The fourth-order valence-corrected chi connectivity index (χ4v) is 3.16. The van der Waals surface area contributed by atoms with E-state index in [0.717, 1.165) is 18.4 Å². The van der Waals surface area contributed by atoms with Crippen LogP contribution in [0.25, 0.3) is 0 Å². The maximum Gasteiger partial charge on any atom is 0.210 e. The van der Waals surface area contributed by atoms with E-state index in [1.165, 1.54) is 16.8 Å². The minimum absolute atomic E-state index is 0.668. The summed E-state index contributed by atoms with van der Waals surface area (Å²) in [5.41, 5.74) is 3.85. The second-order valence-electron chi connectivity index (χ2n) is 5.10. The van der Waals surface area contributed by atoms with E-state index in [2.05, 4.69) is 43.2 Å². The molecule has 3 nitrogen and oxygen atoms in total. The highest BCUT2D eigenvalue weighted by Gasteiger charge is 2.43. The molecule has 0 radical (unpaired) electrons. The van der Waals surface area contributed by atoms with Gasteiger partial charge in [-0.05, 0) is 31.5 Å². The first-order chi connectivity index (χ1) is 9.13. The zero-order chi connectivity index (χ0) is 13.5. The molecule has 1 unspecified atom stereocenters. The molecule has 0 spiro atoms. The first kappa shape index (κ1) is 12.5. The van der Waals surface area contributed by atoms with Crippen LogP contribution in [0.4, 0.5) is 5.69 Å². The number of para-hydroxylation sites is 1. The van der Waals surface area contributed by atoms with Crippen LogP contribution in [0, 0.1) is 13.8 Å². The lowest BCUT2D eigenvalue weighted by Gasteiger charge is -2.42. The number of halogens is 1. The highest BCUT2D eigenvalue weighted by molar-refractivity contribution is 6.31. The molecule has 0 fully saturated rings. The molecule has 0 amide bonds. The molecule has 0 bridgehead atoms. The molecule has 1 aliphatic rings. The lowest BCUT2D eigenvalue weighted by atomic mass is 10.0. The van der Waals surface area contributed by atoms with Crippen LogP contribution in [0.15, 0.2) is 47.9 Å². The van der Waals surface area contributed by atoms with E-state index in [0.29, 0.717) is 4.48 Å². The molecule has 98 valence electrons. The van der Waals surface area contributed by atoms with E-state index in [4.69, 9.17) is 11.6 Å². The molecule has 1 aliphatic heterocycles. The van der Waals surface area contributed by atoms with Crippen molar-refractivity contribution in [1.29, 1.82) is 0 Å². The summed E-state index contributed by atoms with van der Waals surface area (Å²) in [6, 6.07) is 8.33. The Morgan fingerprint density at radius 2 is 2.00 bits per heavy atom. The normalized spacial score (nSPS) is 21.9. The van der Waals surface area contributed by atoms with Gasteiger partial charge in [-0.1, -0.05) is 18.2 Å². The van der Waals surface area contributed by atoms with Gasteiger partial charge in [-0.25, -0.2) is 9.16 Å². The minimum Gasteiger partial charge on any atom is -0.226 e. The Morgan fingerprint density at radius 1 is 1.26 bits per heavy atom. The van der Waals surface area contributed by atoms with Gasteiger partial charge in [-0.15, -0.1) is 0 Å². The van der Waals surface area contributed by atoms with E-state index in [1.54, 1.807) is 6.20 Å². The molecular weight excluding hydrogens is 258 g/mol. The third-order valence-corrected chi connectivity index (χ3v) is 4.27. The van der Waals surface area contributed by atoms with Crippen molar-refractivity contribution in [3.8, 4) is 0 Å². The monoisotopic (exact) mass is 274 g/mol. The van der Waals surface area contributed by atoms with Crippen molar-refractivity contribution in [3.63, 3.8) is 0 Å². The van der Waals surface area contributed by atoms with Crippen molar-refractivity contribution < 1.29 is 0 Å². The number of rotatable bonds is 3. The topological polar surface area (TPSA) is 17.8 Å². The Labute approximate surface area is 118 Å². The Balaban J connectivity index is 2.10. The predicted octanol–water partition coefficient (Wildman–Crippen LogP) is 3.56. The van der Waals surface area contributed by atoms with Crippen molar-refractivity contribution in [1.82, 2.24) is 14.3 Å². The first-order valence-corrected chi connectivity index (χ1v) is 6.79. The molecule has 2 aromatic rings. The lowest BCUT2D eigenvalue weighted by Crippen LogP contribution is -2.54. The molecule has 4 heteroatoms. The Bertz CT molecular complexity index is 611. The minimum atomic E-state index is 0.668. The fourth-order valence-electron chi connectivity index (χ4n) is 2.89. The van der Waals surface area contributed by atoms with Crippen molar-refractivity contribution in [3.05, 3.63) is 59.0 Å². The van der Waals surface area contributed by atoms with Crippen LogP contribution < -0.4 is 4.48 Å². The third-order valence-electron chi connectivity index (χ3n) is 3.79. The quantitative estimate of drug-likeness (QED) is 0.618. The fraction of sp³-hybridized carbons (Fsp3) is 0.267. The van der Waals surface area contributed by atoms with Gasteiger partial charge >= 0.3 is 0 Å². The molecule has 0 N–H and O–H groups in total. The number of hydrogen-bond acceptors (Lipinski definition) is 1. The van der Waals surface area contributed by atoms with E-state index >= 15 is 0 Å². The van der Waals surface area contributed by atoms with Gasteiger partial charge in [0.2, 0.25) is 5.16 Å². The summed E-state index contributed by atoms with van der Waals surface area (Å²) in [6.07, 6.45) is 5.87. The van der Waals surface area contributed by atoms with Gasteiger partial charge in [0.05, 0.1) is 0 Å². The summed E-state index contributed by atoms with van der Waals surface area (Å²) in [5, 5.41) is 5.20. The van der Waals surface area contributed by atoms with Crippen LogP contribution in [0.1, 0.15) is 11.1 Å². The van der Waals surface area contributed by atoms with E-state index in [9.17, 15) is 0 Å². The molecule has 0 saturated heterocycles. The summed E-state index contributed by atoms with van der Waals surface area (Å²) in [6.45, 7) is 5.96. The highest BCUT2D eigenvalue weighted by atomic mass is 35.5. The predicted molar refractivity (Wildman–Crippen MR) is 78.7 cm³/mol. The summed E-state index contributed by atoms with van der Waals surface area (Å²) in [4.78, 5) is 0. The Kier molecular flexibility index (Phi) is 2.96. The van der Waals surface area contributed by atoms with E-state index < -0.39 is 0 Å². The number of aromatic nitrogens is 2. The molecule has 19 heavy (non-hydrogen) atoms. The zero-order valence-electron chi connectivity index (χ0n) is 11.2. The van der Waals surface area contributed by atoms with E-state index in [-0.39, 0.29) is 0 Å². The largest absolute Gasteiger partial charge is 0.226 e. The number of quaternary nitrogens is 1.